The van der Waals surface area contributed by atoms with Gasteiger partial charge in [-0.3, -0.25) is 10.5 Å². The molecule has 0 saturated carbocycles. The van der Waals surface area contributed by atoms with Gasteiger partial charge in [-0.2, -0.15) is 18.3 Å². The summed E-state index contributed by atoms with van der Waals surface area (Å²) in [6.45, 7) is 1.74. The largest absolute Gasteiger partial charge is 0.449 e. The van der Waals surface area contributed by atoms with Crippen LogP contribution in [0.2, 0.25) is 0 Å². The highest BCUT2D eigenvalue weighted by molar-refractivity contribution is 5.93. The van der Waals surface area contributed by atoms with Crippen LogP contribution >= 0.6 is 0 Å². The maximum absolute atomic E-state index is 12.9. The first-order chi connectivity index (χ1) is 9.43. The first kappa shape index (κ1) is 14.0. The molecule has 1 heterocycles. The predicted molar refractivity (Wildman–Crippen MR) is 64.9 cm³/mol. The number of ether oxygens (including phenoxy) is 1. The first-order valence-corrected chi connectivity index (χ1v) is 5.66. The van der Waals surface area contributed by atoms with Gasteiger partial charge in [-0.1, -0.05) is 6.07 Å². The molecule has 0 unspecified atom stereocenters. The summed E-state index contributed by atoms with van der Waals surface area (Å²) in [7, 11) is 0. The van der Waals surface area contributed by atoms with E-state index in [1.807, 2.05) is 0 Å². The number of hydrazine groups is 1. The van der Waals surface area contributed by atoms with Gasteiger partial charge >= 0.3 is 12.3 Å². The van der Waals surface area contributed by atoms with E-state index >= 15 is 0 Å². The summed E-state index contributed by atoms with van der Waals surface area (Å²) in [6.07, 6.45) is -5.34. The molecule has 9 heteroatoms. The maximum atomic E-state index is 12.9. The van der Waals surface area contributed by atoms with Crippen molar-refractivity contribution in [1.82, 2.24) is 15.6 Å². The van der Waals surface area contributed by atoms with Crippen molar-refractivity contribution in [2.75, 3.05) is 12.0 Å². The van der Waals surface area contributed by atoms with Crippen LogP contribution in [0.5, 0.6) is 0 Å². The smallest absolute Gasteiger partial charge is 0.425 e. The summed E-state index contributed by atoms with van der Waals surface area (Å²) in [5, 5.41) is 5.99. The van der Waals surface area contributed by atoms with Crippen LogP contribution in [0, 0.1) is 0 Å². The summed E-state index contributed by atoms with van der Waals surface area (Å²) in [5.74, 6) is -0.138. The number of carbonyl (C=O) groups is 1. The van der Waals surface area contributed by atoms with Crippen molar-refractivity contribution in [3.8, 4) is 0 Å². The lowest BCUT2D eigenvalue weighted by atomic mass is 10.1. The number of hydrogen-bond acceptors (Lipinski definition) is 4. The van der Waals surface area contributed by atoms with Crippen LogP contribution < -0.4 is 10.9 Å². The predicted octanol–water partition coefficient (Wildman–Crippen LogP) is 2.65. The van der Waals surface area contributed by atoms with Crippen molar-refractivity contribution in [3.63, 3.8) is 0 Å². The monoisotopic (exact) mass is 288 g/mol. The van der Waals surface area contributed by atoms with Crippen LogP contribution in [0.25, 0.3) is 10.9 Å². The Kier molecular flexibility index (Phi) is 3.68. The third kappa shape index (κ3) is 2.76. The van der Waals surface area contributed by atoms with Gasteiger partial charge in [0.1, 0.15) is 0 Å². The maximum Gasteiger partial charge on any atom is 0.425 e. The summed E-state index contributed by atoms with van der Waals surface area (Å²) in [4.78, 5) is 11.1. The van der Waals surface area contributed by atoms with Gasteiger partial charge in [-0.05, 0) is 19.1 Å². The first-order valence-electron chi connectivity index (χ1n) is 5.66. The van der Waals surface area contributed by atoms with E-state index in [4.69, 9.17) is 0 Å². The van der Waals surface area contributed by atoms with Crippen molar-refractivity contribution in [1.29, 1.82) is 0 Å². The highest BCUT2D eigenvalue weighted by Crippen LogP contribution is 2.36. The van der Waals surface area contributed by atoms with E-state index in [1.54, 1.807) is 6.92 Å². The Balaban J connectivity index is 2.33. The van der Waals surface area contributed by atoms with Crippen LogP contribution in [-0.4, -0.2) is 22.9 Å². The Morgan fingerprint density at radius 1 is 1.45 bits per heavy atom. The molecule has 0 atom stereocenters. The van der Waals surface area contributed by atoms with Crippen LogP contribution in [0.1, 0.15) is 12.5 Å². The number of aromatic amines is 1. The number of benzene rings is 1. The zero-order valence-electron chi connectivity index (χ0n) is 10.3. The van der Waals surface area contributed by atoms with E-state index in [0.29, 0.717) is 0 Å². The van der Waals surface area contributed by atoms with Crippen LogP contribution in [-0.2, 0) is 10.9 Å². The third-order valence-electron chi connectivity index (χ3n) is 2.45. The Morgan fingerprint density at radius 2 is 2.20 bits per heavy atom. The molecular weight excluding hydrogens is 277 g/mol. The van der Waals surface area contributed by atoms with E-state index in [1.165, 1.54) is 12.1 Å². The molecule has 2 aromatic rings. The second kappa shape index (κ2) is 5.27. The topological polar surface area (TPSA) is 79.0 Å². The standard InChI is InChI=1S/C11H11F3N4O2/c1-2-20-10(19)18-17-9-8-6(11(12,13)14)4-3-5-7(8)15-16-9/h3-5H,2H2,1H3,(H,18,19)(H2,15,16,17). The number of H-pyrrole nitrogens is 1. The molecule has 2 rings (SSSR count). The minimum atomic E-state index is -4.52. The number of nitrogens with zero attached hydrogens (tertiary/aromatic N) is 1. The van der Waals surface area contributed by atoms with Crippen molar-refractivity contribution in [2.45, 2.75) is 13.1 Å². The quantitative estimate of drug-likeness (QED) is 0.759. The lowest BCUT2D eigenvalue weighted by Crippen LogP contribution is -2.30. The fourth-order valence-electron chi connectivity index (χ4n) is 1.68. The van der Waals surface area contributed by atoms with Crippen molar-refractivity contribution in [3.05, 3.63) is 23.8 Å². The number of nitrogens with one attached hydrogen (secondary N) is 3. The van der Waals surface area contributed by atoms with Crippen LogP contribution in [0.3, 0.4) is 0 Å². The van der Waals surface area contributed by atoms with Gasteiger partial charge in [0.15, 0.2) is 5.82 Å². The van der Waals surface area contributed by atoms with Crippen molar-refractivity contribution < 1.29 is 22.7 Å². The molecular formula is C11H11F3N4O2. The number of aromatic nitrogens is 2. The fourth-order valence-corrected chi connectivity index (χ4v) is 1.68. The summed E-state index contributed by atoms with van der Waals surface area (Å²) in [6, 6.07) is 3.66. The Hall–Kier alpha value is -2.45. The van der Waals surface area contributed by atoms with Gasteiger partial charge in [0.05, 0.1) is 23.1 Å². The average Bonchev–Trinajstić information content (AvgIpc) is 2.78. The van der Waals surface area contributed by atoms with Crippen molar-refractivity contribution in [2.24, 2.45) is 0 Å². The Morgan fingerprint density at radius 3 is 2.85 bits per heavy atom. The number of fused-ring (bicyclic) bond motifs is 1. The van der Waals surface area contributed by atoms with E-state index in [9.17, 15) is 18.0 Å². The van der Waals surface area contributed by atoms with Gasteiger partial charge in [-0.15, -0.1) is 0 Å². The Labute approximate surface area is 111 Å². The molecule has 0 fully saturated rings. The van der Waals surface area contributed by atoms with Gasteiger partial charge in [0.25, 0.3) is 0 Å². The molecule has 108 valence electrons. The SMILES string of the molecule is CCOC(=O)NNc1n[nH]c2cccc(C(F)(F)F)c12. The van der Waals surface area contributed by atoms with Crippen LogP contribution in [0.4, 0.5) is 23.8 Å². The number of rotatable bonds is 3. The molecule has 0 saturated heterocycles. The zero-order valence-corrected chi connectivity index (χ0v) is 10.3. The Bertz CT molecular complexity index is 624. The molecule has 1 aromatic heterocycles. The lowest BCUT2D eigenvalue weighted by Gasteiger charge is -2.10. The molecule has 0 aliphatic carbocycles. The van der Waals surface area contributed by atoms with Gasteiger partial charge in [0, 0.05) is 0 Å². The van der Waals surface area contributed by atoms with Gasteiger partial charge < -0.3 is 4.74 Å². The molecule has 0 aliphatic rings. The summed E-state index contributed by atoms with van der Waals surface area (Å²) < 4.78 is 43.3. The average molecular weight is 288 g/mol. The number of carbonyl (C=O) groups excluding carboxylic acids is 1. The summed E-state index contributed by atoms with van der Waals surface area (Å²) in [5.41, 5.74) is 3.75. The number of halogens is 3. The highest BCUT2D eigenvalue weighted by Gasteiger charge is 2.34. The zero-order chi connectivity index (χ0) is 14.8. The molecule has 0 radical (unpaired) electrons. The molecule has 20 heavy (non-hydrogen) atoms. The van der Waals surface area contributed by atoms with E-state index in [-0.39, 0.29) is 23.3 Å². The molecule has 6 nitrogen and oxygen atoms in total. The van der Waals surface area contributed by atoms with E-state index in [0.717, 1.165) is 6.07 Å². The molecule has 0 aliphatic heterocycles. The van der Waals surface area contributed by atoms with E-state index in [2.05, 4.69) is 25.8 Å². The van der Waals surface area contributed by atoms with Gasteiger partial charge in [0.2, 0.25) is 0 Å². The minimum absolute atomic E-state index is 0.138. The van der Waals surface area contributed by atoms with Crippen LogP contribution in [0.15, 0.2) is 18.2 Å². The van der Waals surface area contributed by atoms with Gasteiger partial charge in [-0.25, -0.2) is 10.2 Å². The molecule has 1 aromatic carbocycles. The number of alkyl halides is 3. The highest BCUT2D eigenvalue weighted by atomic mass is 19.4. The second-order valence-corrected chi connectivity index (χ2v) is 3.77. The molecule has 0 spiro atoms. The number of amides is 1. The number of hydrogen-bond donors (Lipinski definition) is 3. The normalized spacial score (nSPS) is 11.4. The fraction of sp³-hybridized carbons (Fsp3) is 0.273. The molecule has 1 amide bonds. The third-order valence-corrected chi connectivity index (χ3v) is 2.45. The molecule has 3 N–H and O–H groups in total. The minimum Gasteiger partial charge on any atom is -0.449 e. The molecule has 0 bridgehead atoms. The second-order valence-electron chi connectivity index (χ2n) is 3.77. The van der Waals surface area contributed by atoms with Crippen molar-refractivity contribution >= 4 is 22.8 Å². The van der Waals surface area contributed by atoms with E-state index < -0.39 is 17.8 Å². The number of anilines is 1. The lowest BCUT2D eigenvalue weighted by molar-refractivity contribution is -0.136. The summed E-state index contributed by atoms with van der Waals surface area (Å²) >= 11 is 0.